The molecule has 0 aromatic heterocycles. The van der Waals surface area contributed by atoms with Crippen molar-refractivity contribution in [2.75, 3.05) is 13.2 Å². The van der Waals surface area contributed by atoms with Gasteiger partial charge in [-0.05, 0) is 13.0 Å². The summed E-state index contributed by atoms with van der Waals surface area (Å²) in [5.41, 5.74) is 6.09. The van der Waals surface area contributed by atoms with Crippen molar-refractivity contribution in [3.63, 3.8) is 0 Å². The molecule has 0 unspecified atom stereocenters. The molecule has 0 saturated heterocycles. The van der Waals surface area contributed by atoms with E-state index in [4.69, 9.17) is 10.5 Å². The van der Waals surface area contributed by atoms with E-state index in [1.165, 1.54) is 12.1 Å². The lowest BCUT2D eigenvalue weighted by Gasteiger charge is -2.14. The smallest absolute Gasteiger partial charge is 0.405 e. The van der Waals surface area contributed by atoms with Crippen molar-refractivity contribution >= 4 is 5.91 Å². The molecule has 4 nitrogen and oxygen atoms in total. The fraction of sp³-hybridized carbons (Fsp3) is 0.417. The minimum absolute atomic E-state index is 0.0298. The van der Waals surface area contributed by atoms with Crippen LogP contribution in [0, 0.1) is 5.82 Å². The van der Waals surface area contributed by atoms with Crippen molar-refractivity contribution in [1.29, 1.82) is 0 Å². The van der Waals surface area contributed by atoms with Gasteiger partial charge in [0.15, 0.2) is 6.61 Å². The van der Waals surface area contributed by atoms with Crippen LogP contribution in [0.2, 0.25) is 0 Å². The van der Waals surface area contributed by atoms with Crippen LogP contribution in [0.4, 0.5) is 17.6 Å². The highest BCUT2D eigenvalue weighted by atomic mass is 19.4. The molecule has 0 aliphatic rings. The van der Waals surface area contributed by atoms with Crippen LogP contribution < -0.4 is 15.8 Å². The second-order valence-corrected chi connectivity index (χ2v) is 4.15. The Labute approximate surface area is 112 Å². The highest BCUT2D eigenvalue weighted by molar-refractivity contribution is 5.77. The molecule has 1 amide bonds. The van der Waals surface area contributed by atoms with E-state index in [0.29, 0.717) is 5.56 Å². The first-order chi connectivity index (χ1) is 9.19. The first-order valence-electron chi connectivity index (χ1n) is 5.70. The van der Waals surface area contributed by atoms with E-state index < -0.39 is 37.1 Å². The molecule has 1 atom stereocenters. The average molecular weight is 294 g/mol. The third-order valence-electron chi connectivity index (χ3n) is 2.31. The highest BCUT2D eigenvalue weighted by Crippen LogP contribution is 2.24. The van der Waals surface area contributed by atoms with E-state index in [9.17, 15) is 22.4 Å². The Balaban J connectivity index is 2.61. The quantitative estimate of drug-likeness (QED) is 0.815. The average Bonchev–Trinajstić information content (AvgIpc) is 2.32. The van der Waals surface area contributed by atoms with Crippen molar-refractivity contribution in [3.05, 3.63) is 29.6 Å². The number of nitrogens with two attached hydrogens (primary N) is 1. The summed E-state index contributed by atoms with van der Waals surface area (Å²) in [6.45, 7) is -0.471. The van der Waals surface area contributed by atoms with Gasteiger partial charge in [0.25, 0.3) is 5.91 Å². The summed E-state index contributed by atoms with van der Waals surface area (Å²) in [4.78, 5) is 11.2. The predicted octanol–water partition coefficient (Wildman–Crippen LogP) is 1.90. The Hall–Kier alpha value is -1.83. The second kappa shape index (κ2) is 6.56. The molecule has 0 radical (unpaired) electrons. The number of alkyl halides is 3. The fourth-order valence-corrected chi connectivity index (χ4v) is 1.40. The molecule has 0 bridgehead atoms. The maximum atomic E-state index is 13.1. The predicted molar refractivity (Wildman–Crippen MR) is 63.6 cm³/mol. The molecule has 0 fully saturated rings. The fourth-order valence-electron chi connectivity index (χ4n) is 1.40. The zero-order valence-corrected chi connectivity index (χ0v) is 10.6. The Bertz CT molecular complexity index is 475. The minimum atomic E-state index is -4.49. The van der Waals surface area contributed by atoms with Gasteiger partial charge in [0.2, 0.25) is 0 Å². The molecular weight excluding hydrogens is 280 g/mol. The Morgan fingerprint density at radius 2 is 2.10 bits per heavy atom. The molecule has 3 N–H and O–H groups in total. The zero-order valence-electron chi connectivity index (χ0n) is 10.6. The first kappa shape index (κ1) is 16.2. The number of hydrogen-bond acceptors (Lipinski definition) is 3. The molecule has 0 spiro atoms. The van der Waals surface area contributed by atoms with Crippen molar-refractivity contribution in [1.82, 2.24) is 5.32 Å². The van der Waals surface area contributed by atoms with Gasteiger partial charge in [-0.3, -0.25) is 4.79 Å². The van der Waals surface area contributed by atoms with E-state index in [-0.39, 0.29) is 5.75 Å². The van der Waals surface area contributed by atoms with Gasteiger partial charge in [0, 0.05) is 17.7 Å². The van der Waals surface area contributed by atoms with Gasteiger partial charge in [-0.2, -0.15) is 13.2 Å². The Kier molecular flexibility index (Phi) is 5.32. The van der Waals surface area contributed by atoms with Crippen LogP contribution in [0.3, 0.4) is 0 Å². The van der Waals surface area contributed by atoms with Gasteiger partial charge in [-0.25, -0.2) is 4.39 Å². The monoisotopic (exact) mass is 294 g/mol. The summed E-state index contributed by atoms with van der Waals surface area (Å²) in [6, 6.07) is 3.12. The van der Waals surface area contributed by atoms with Crippen LogP contribution in [-0.4, -0.2) is 25.2 Å². The molecule has 0 saturated carbocycles. The van der Waals surface area contributed by atoms with Crippen LogP contribution in [-0.2, 0) is 4.79 Å². The van der Waals surface area contributed by atoms with Crippen LogP contribution in [0.5, 0.6) is 5.75 Å². The number of hydrogen-bond donors (Lipinski definition) is 2. The molecule has 1 rings (SSSR count). The summed E-state index contributed by atoms with van der Waals surface area (Å²) in [5.74, 6) is -1.52. The minimum Gasteiger partial charge on any atom is -0.483 e. The largest absolute Gasteiger partial charge is 0.483 e. The maximum Gasteiger partial charge on any atom is 0.405 e. The van der Waals surface area contributed by atoms with E-state index in [2.05, 4.69) is 0 Å². The topological polar surface area (TPSA) is 64.3 Å². The Morgan fingerprint density at radius 3 is 2.65 bits per heavy atom. The molecule has 0 aliphatic carbocycles. The number of rotatable bonds is 5. The number of halogens is 4. The van der Waals surface area contributed by atoms with Crippen LogP contribution >= 0.6 is 0 Å². The lowest BCUT2D eigenvalue weighted by Crippen LogP contribution is -2.36. The Morgan fingerprint density at radius 1 is 1.45 bits per heavy atom. The molecule has 112 valence electrons. The van der Waals surface area contributed by atoms with Gasteiger partial charge in [-0.15, -0.1) is 0 Å². The van der Waals surface area contributed by atoms with Crippen LogP contribution in [0.1, 0.15) is 18.5 Å². The molecule has 0 heterocycles. The highest BCUT2D eigenvalue weighted by Gasteiger charge is 2.27. The lowest BCUT2D eigenvalue weighted by molar-refractivity contribution is -0.139. The zero-order chi connectivity index (χ0) is 15.3. The van der Waals surface area contributed by atoms with Crippen molar-refractivity contribution < 1.29 is 27.1 Å². The summed E-state index contributed by atoms with van der Waals surface area (Å²) in [6.07, 6.45) is -4.49. The summed E-state index contributed by atoms with van der Waals surface area (Å²) >= 11 is 0. The molecule has 1 aromatic rings. The van der Waals surface area contributed by atoms with Crippen molar-refractivity contribution in [2.24, 2.45) is 5.73 Å². The van der Waals surface area contributed by atoms with Crippen LogP contribution in [0.15, 0.2) is 18.2 Å². The molecule has 1 aromatic carbocycles. The first-order valence-corrected chi connectivity index (χ1v) is 5.70. The van der Waals surface area contributed by atoms with Gasteiger partial charge in [0.1, 0.15) is 18.1 Å². The number of carbonyl (C=O) groups excluding carboxylic acids is 1. The number of amides is 1. The third kappa shape index (κ3) is 5.43. The summed E-state index contributed by atoms with van der Waals surface area (Å²) in [5, 5.41) is 1.64. The van der Waals surface area contributed by atoms with Crippen molar-refractivity contribution in [3.8, 4) is 5.75 Å². The van der Waals surface area contributed by atoms with Gasteiger partial charge < -0.3 is 15.8 Å². The summed E-state index contributed by atoms with van der Waals surface area (Å²) in [7, 11) is 0. The number of nitrogens with one attached hydrogen (secondary N) is 1. The standard InChI is InChI=1S/C12H14F4N2O2/c1-7(17)9-3-2-8(13)4-10(9)20-5-11(19)18-6-12(14,15)16/h2-4,7H,5-6,17H2,1H3,(H,18,19)/t7-/m0/s1. The number of benzene rings is 1. The van der Waals surface area contributed by atoms with E-state index in [1.807, 2.05) is 0 Å². The van der Waals surface area contributed by atoms with Crippen LogP contribution in [0.25, 0.3) is 0 Å². The molecule has 20 heavy (non-hydrogen) atoms. The van der Waals surface area contributed by atoms with Gasteiger partial charge in [0.05, 0.1) is 0 Å². The SMILES string of the molecule is C[C@H](N)c1ccc(F)cc1OCC(=O)NCC(F)(F)F. The second-order valence-electron chi connectivity index (χ2n) is 4.15. The lowest BCUT2D eigenvalue weighted by atomic mass is 10.1. The third-order valence-corrected chi connectivity index (χ3v) is 2.31. The number of carbonyl (C=O) groups is 1. The van der Waals surface area contributed by atoms with E-state index >= 15 is 0 Å². The molecule has 0 aliphatic heterocycles. The van der Waals surface area contributed by atoms with Crippen molar-refractivity contribution in [2.45, 2.75) is 19.1 Å². The molecular formula is C12H14F4N2O2. The van der Waals surface area contributed by atoms with E-state index in [0.717, 1.165) is 6.07 Å². The van der Waals surface area contributed by atoms with Gasteiger partial charge >= 0.3 is 6.18 Å². The molecule has 8 heteroatoms. The van der Waals surface area contributed by atoms with E-state index in [1.54, 1.807) is 12.2 Å². The summed E-state index contributed by atoms with van der Waals surface area (Å²) < 4.78 is 53.7. The maximum absolute atomic E-state index is 13.1. The normalized spacial score (nSPS) is 12.9. The van der Waals surface area contributed by atoms with Gasteiger partial charge in [-0.1, -0.05) is 6.07 Å². The number of ether oxygens (including phenoxy) is 1.